The first-order valence-electron chi connectivity index (χ1n) is 11.9. The number of hydrogen-bond acceptors (Lipinski definition) is 6. The van der Waals surface area contributed by atoms with Crippen molar-refractivity contribution in [2.24, 2.45) is 5.92 Å². The lowest BCUT2D eigenvalue weighted by Crippen LogP contribution is -2.53. The first-order chi connectivity index (χ1) is 17.3. The molecule has 0 radical (unpaired) electrons. The van der Waals surface area contributed by atoms with E-state index in [1.807, 2.05) is 42.5 Å². The molecule has 3 aliphatic rings. The lowest BCUT2D eigenvalue weighted by atomic mass is 9.90. The molecule has 2 saturated carbocycles. The monoisotopic (exact) mass is 483 g/mol. The number of nitrogens with zero attached hydrogens (tertiary/aromatic N) is 1. The smallest absolute Gasteiger partial charge is 0.287 e. The zero-order valence-electron chi connectivity index (χ0n) is 19.5. The molecule has 2 atom stereocenters. The predicted octanol–water partition coefficient (Wildman–Crippen LogP) is 3.16. The molecule has 1 saturated heterocycles. The van der Waals surface area contributed by atoms with E-state index in [4.69, 9.17) is 9.15 Å². The maximum absolute atomic E-state index is 13.1. The van der Waals surface area contributed by atoms with E-state index in [0.29, 0.717) is 38.1 Å². The highest BCUT2D eigenvalue weighted by Gasteiger charge is 2.62. The molecule has 36 heavy (non-hydrogen) atoms. The van der Waals surface area contributed by atoms with Crippen LogP contribution >= 0.6 is 0 Å². The molecule has 2 aromatic carbocycles. The topological polar surface area (TPSA) is 125 Å². The van der Waals surface area contributed by atoms with Gasteiger partial charge in [-0.25, -0.2) is 0 Å². The van der Waals surface area contributed by atoms with Crippen molar-refractivity contribution in [1.29, 1.82) is 5.26 Å². The molecule has 3 aromatic rings. The second-order valence-corrected chi connectivity index (χ2v) is 10.1. The highest BCUT2D eigenvalue weighted by Crippen LogP contribution is 2.46. The number of hydrogen-bond donors (Lipinski definition) is 3. The zero-order chi connectivity index (χ0) is 25.1. The molecule has 2 aliphatic carbocycles. The maximum Gasteiger partial charge on any atom is 0.287 e. The van der Waals surface area contributed by atoms with Crippen LogP contribution in [0.4, 0.5) is 0 Å². The highest BCUT2D eigenvalue weighted by atomic mass is 16.5. The fraction of sp³-hybridized carbons (Fsp3) is 0.321. The first kappa shape index (κ1) is 22.5. The lowest BCUT2D eigenvalue weighted by Gasteiger charge is -2.36. The molecular weight excluding hydrogens is 458 g/mol. The van der Waals surface area contributed by atoms with Crippen LogP contribution < -0.4 is 10.6 Å². The summed E-state index contributed by atoms with van der Waals surface area (Å²) in [6, 6.07) is 17.1. The Hall–Kier alpha value is -3.93. The van der Waals surface area contributed by atoms with Gasteiger partial charge < -0.3 is 24.9 Å². The second-order valence-electron chi connectivity index (χ2n) is 10.1. The van der Waals surface area contributed by atoms with Gasteiger partial charge in [-0.05, 0) is 48.1 Å². The highest BCUT2D eigenvalue weighted by molar-refractivity contribution is 6.02. The normalized spacial score (nSPS) is 24.7. The standard InChI is InChI=1S/C28H25N3O5/c1-2-20-13-28(20,25(33)31-26(14-29)9-10-26)30-24(32)23-12-19-4-3-18(11-22(19)36-23)17-5-7-21(8-6-17)27(34)15-35-16-27/h2-8,11-12,20,34H,1,9-10,13,15-16H2,(H,30,32)(H,31,33)/t20-,28?/m1/s1. The Morgan fingerprint density at radius 3 is 2.39 bits per heavy atom. The molecule has 8 nitrogen and oxygen atoms in total. The van der Waals surface area contributed by atoms with Gasteiger partial charge in [0.15, 0.2) is 5.76 Å². The van der Waals surface area contributed by atoms with Crippen LogP contribution in [0.3, 0.4) is 0 Å². The Bertz CT molecular complexity index is 1440. The first-order valence-corrected chi connectivity index (χ1v) is 11.9. The van der Waals surface area contributed by atoms with Crippen molar-refractivity contribution in [1.82, 2.24) is 10.6 Å². The van der Waals surface area contributed by atoms with Gasteiger partial charge in [-0.2, -0.15) is 5.26 Å². The molecule has 6 rings (SSSR count). The van der Waals surface area contributed by atoms with Gasteiger partial charge in [0.25, 0.3) is 5.91 Å². The average Bonchev–Trinajstić information content (AvgIpc) is 3.76. The molecule has 2 heterocycles. The van der Waals surface area contributed by atoms with E-state index in [1.54, 1.807) is 12.1 Å². The van der Waals surface area contributed by atoms with Crippen LogP contribution in [0.1, 0.15) is 35.4 Å². The molecule has 2 amide bonds. The van der Waals surface area contributed by atoms with Crippen molar-refractivity contribution in [3.63, 3.8) is 0 Å². The SMILES string of the molecule is C=C[C@@H]1CC1(NC(=O)c1cc2ccc(-c3ccc(C4(O)COC4)cc3)cc2o1)C(=O)NC1(C#N)CC1. The number of furan rings is 1. The number of nitriles is 1. The van der Waals surface area contributed by atoms with Gasteiger partial charge >= 0.3 is 0 Å². The minimum absolute atomic E-state index is 0.105. The van der Waals surface area contributed by atoms with Crippen LogP contribution in [-0.4, -0.2) is 41.2 Å². The third-order valence-electron chi connectivity index (χ3n) is 7.54. The van der Waals surface area contributed by atoms with E-state index >= 15 is 0 Å². The van der Waals surface area contributed by atoms with Crippen LogP contribution in [0.25, 0.3) is 22.1 Å². The number of rotatable bonds is 7. The number of aliphatic hydroxyl groups is 1. The van der Waals surface area contributed by atoms with E-state index < -0.39 is 22.6 Å². The van der Waals surface area contributed by atoms with Crippen LogP contribution in [-0.2, 0) is 15.1 Å². The average molecular weight is 484 g/mol. The van der Waals surface area contributed by atoms with Crippen molar-refractivity contribution in [3.05, 3.63) is 72.5 Å². The quantitative estimate of drug-likeness (QED) is 0.444. The molecular formula is C28H25N3O5. The van der Waals surface area contributed by atoms with Crippen LogP contribution in [0.5, 0.6) is 0 Å². The van der Waals surface area contributed by atoms with Gasteiger partial charge in [-0.15, -0.1) is 6.58 Å². The second kappa shape index (κ2) is 7.79. The number of nitrogens with one attached hydrogen (secondary N) is 2. The van der Waals surface area contributed by atoms with Crippen LogP contribution in [0.15, 0.2) is 65.6 Å². The molecule has 3 fully saturated rings. The fourth-order valence-corrected chi connectivity index (χ4v) is 4.77. The van der Waals surface area contributed by atoms with Crippen LogP contribution in [0.2, 0.25) is 0 Å². The number of amides is 2. The van der Waals surface area contributed by atoms with Crippen molar-refractivity contribution in [3.8, 4) is 17.2 Å². The van der Waals surface area contributed by atoms with Gasteiger partial charge in [0.05, 0.1) is 19.3 Å². The Morgan fingerprint density at radius 1 is 1.08 bits per heavy atom. The van der Waals surface area contributed by atoms with Crippen molar-refractivity contribution >= 4 is 22.8 Å². The molecule has 3 N–H and O–H groups in total. The van der Waals surface area contributed by atoms with Crippen LogP contribution in [0, 0.1) is 17.2 Å². The van der Waals surface area contributed by atoms with Crippen molar-refractivity contribution in [2.45, 2.75) is 35.9 Å². The van der Waals surface area contributed by atoms with Crippen molar-refractivity contribution in [2.75, 3.05) is 13.2 Å². The Balaban J connectivity index is 1.21. The Labute approximate surface area is 207 Å². The molecule has 0 bridgehead atoms. The van der Waals surface area contributed by atoms with Crippen molar-refractivity contribution < 1.29 is 23.8 Å². The van der Waals surface area contributed by atoms with Gasteiger partial charge in [-0.1, -0.05) is 42.5 Å². The summed E-state index contributed by atoms with van der Waals surface area (Å²) >= 11 is 0. The summed E-state index contributed by atoms with van der Waals surface area (Å²) in [5, 5.41) is 26.2. The lowest BCUT2D eigenvalue weighted by molar-refractivity contribution is -0.184. The minimum atomic E-state index is -1.12. The van der Waals surface area contributed by atoms with Gasteiger partial charge in [0.2, 0.25) is 5.91 Å². The minimum Gasteiger partial charge on any atom is -0.451 e. The van der Waals surface area contributed by atoms with E-state index in [9.17, 15) is 20.0 Å². The summed E-state index contributed by atoms with van der Waals surface area (Å²) in [6.07, 6.45) is 3.31. The summed E-state index contributed by atoms with van der Waals surface area (Å²) < 4.78 is 11.0. The summed E-state index contributed by atoms with van der Waals surface area (Å²) in [5.41, 5.74) is 0.356. The van der Waals surface area contributed by atoms with E-state index in [-0.39, 0.29) is 17.6 Å². The molecule has 1 unspecified atom stereocenters. The number of benzene rings is 2. The Kier molecular flexibility index (Phi) is 4.87. The third-order valence-corrected chi connectivity index (χ3v) is 7.54. The maximum atomic E-state index is 13.1. The van der Waals surface area contributed by atoms with Gasteiger partial charge in [-0.3, -0.25) is 9.59 Å². The van der Waals surface area contributed by atoms with E-state index in [2.05, 4.69) is 23.3 Å². The Morgan fingerprint density at radius 2 is 1.81 bits per heavy atom. The summed E-state index contributed by atoms with van der Waals surface area (Å²) in [4.78, 5) is 26.1. The number of fused-ring (bicyclic) bond motifs is 1. The summed E-state index contributed by atoms with van der Waals surface area (Å²) in [6.45, 7) is 4.37. The van der Waals surface area contributed by atoms with Gasteiger partial charge in [0, 0.05) is 11.3 Å². The molecule has 182 valence electrons. The third kappa shape index (κ3) is 3.60. The van der Waals surface area contributed by atoms with Gasteiger partial charge in [0.1, 0.15) is 22.3 Å². The number of ether oxygens (including phenoxy) is 1. The summed E-state index contributed by atoms with van der Waals surface area (Å²) in [5.74, 6) is -0.957. The predicted molar refractivity (Wildman–Crippen MR) is 131 cm³/mol. The largest absolute Gasteiger partial charge is 0.451 e. The summed E-state index contributed by atoms with van der Waals surface area (Å²) in [7, 11) is 0. The zero-order valence-corrected chi connectivity index (χ0v) is 19.5. The van der Waals surface area contributed by atoms with E-state index in [1.165, 1.54) is 0 Å². The molecule has 8 heteroatoms. The molecule has 1 aromatic heterocycles. The fourth-order valence-electron chi connectivity index (χ4n) is 4.77. The molecule has 1 aliphatic heterocycles. The molecule has 0 spiro atoms. The van der Waals surface area contributed by atoms with E-state index in [0.717, 1.165) is 22.1 Å². The number of carbonyl (C=O) groups excluding carboxylic acids is 2. The number of carbonyl (C=O) groups is 2.